The Morgan fingerprint density at radius 1 is 0.963 bits per heavy atom. The molecular weight excluding hydrogens is 338 g/mol. The van der Waals surface area contributed by atoms with E-state index < -0.39 is 0 Å². The van der Waals surface area contributed by atoms with Crippen LogP contribution in [0.25, 0.3) is 0 Å². The molecule has 1 heterocycles. The smallest absolute Gasteiger partial charge is 0.127 e. The summed E-state index contributed by atoms with van der Waals surface area (Å²) in [6.45, 7) is 4.14. The summed E-state index contributed by atoms with van der Waals surface area (Å²) < 4.78 is 11.1. The fourth-order valence-corrected chi connectivity index (χ4v) is 3.71. The van der Waals surface area contributed by atoms with Gasteiger partial charge in [-0.25, -0.2) is 0 Å². The van der Waals surface area contributed by atoms with Crippen molar-refractivity contribution in [3.63, 3.8) is 0 Å². The first kappa shape index (κ1) is 19.5. The maximum Gasteiger partial charge on any atom is 0.127 e. The van der Waals surface area contributed by atoms with E-state index >= 15 is 0 Å². The van der Waals surface area contributed by atoms with Gasteiger partial charge in [-0.3, -0.25) is 4.90 Å². The molecule has 146 valence electrons. The molecule has 1 aliphatic rings. The molecule has 0 spiro atoms. The number of methoxy groups -OCH3 is 2. The lowest BCUT2D eigenvalue weighted by Gasteiger charge is -2.32. The van der Waals surface area contributed by atoms with Crippen molar-refractivity contribution in [1.29, 1.82) is 0 Å². The van der Waals surface area contributed by atoms with E-state index in [4.69, 9.17) is 9.47 Å². The lowest BCUT2D eigenvalue weighted by Crippen LogP contribution is -2.33. The highest BCUT2D eigenvalue weighted by molar-refractivity contribution is 5.50. The molecule has 1 fully saturated rings. The Hall–Kier alpha value is -2.24. The first-order valence-corrected chi connectivity index (χ1v) is 9.58. The maximum absolute atomic E-state index is 5.74. The second kappa shape index (κ2) is 9.11. The van der Waals surface area contributed by atoms with Gasteiger partial charge >= 0.3 is 0 Å². The zero-order chi connectivity index (χ0) is 19.2. The van der Waals surface area contributed by atoms with Crippen LogP contribution in [0.4, 0.5) is 5.69 Å². The quantitative estimate of drug-likeness (QED) is 0.847. The van der Waals surface area contributed by atoms with Crippen molar-refractivity contribution in [2.24, 2.45) is 0 Å². The number of hydrogen-bond donors (Lipinski definition) is 1. The Kier molecular flexibility index (Phi) is 6.58. The fourth-order valence-electron chi connectivity index (χ4n) is 3.71. The van der Waals surface area contributed by atoms with Crippen LogP contribution in [0.15, 0.2) is 42.5 Å². The van der Waals surface area contributed by atoms with Gasteiger partial charge in [-0.2, -0.15) is 0 Å². The lowest BCUT2D eigenvalue weighted by molar-refractivity contribution is 0.236. The Bertz CT molecular complexity index is 723. The first-order chi connectivity index (χ1) is 13.1. The monoisotopic (exact) mass is 369 g/mol. The summed E-state index contributed by atoms with van der Waals surface area (Å²) in [4.78, 5) is 4.68. The van der Waals surface area contributed by atoms with Gasteiger partial charge in [-0.05, 0) is 42.8 Å². The lowest BCUT2D eigenvalue weighted by atomic mass is 9.95. The molecule has 5 heteroatoms. The van der Waals surface area contributed by atoms with Gasteiger partial charge in [0.1, 0.15) is 11.5 Å². The molecule has 1 unspecified atom stereocenters. The highest BCUT2D eigenvalue weighted by Crippen LogP contribution is 2.37. The van der Waals surface area contributed by atoms with Crippen molar-refractivity contribution < 1.29 is 9.47 Å². The first-order valence-electron chi connectivity index (χ1n) is 9.58. The topological polar surface area (TPSA) is 37.0 Å². The SMILES string of the molecule is COc1ccc(C(c2ccc(N(C)C)cc2)N2CCCNCC2)c(OC)c1. The van der Waals surface area contributed by atoms with E-state index in [0.29, 0.717) is 0 Å². The summed E-state index contributed by atoms with van der Waals surface area (Å²) >= 11 is 0. The van der Waals surface area contributed by atoms with Crippen molar-refractivity contribution >= 4 is 5.69 Å². The predicted molar refractivity (Wildman–Crippen MR) is 111 cm³/mol. The molecule has 2 aromatic rings. The van der Waals surface area contributed by atoms with Gasteiger partial charge in [-0.1, -0.05) is 12.1 Å². The number of nitrogens with zero attached hydrogens (tertiary/aromatic N) is 2. The van der Waals surface area contributed by atoms with Crippen LogP contribution in [-0.4, -0.2) is 59.4 Å². The van der Waals surface area contributed by atoms with Crippen molar-refractivity contribution in [2.75, 3.05) is 59.4 Å². The summed E-state index contributed by atoms with van der Waals surface area (Å²) in [5.74, 6) is 1.68. The maximum atomic E-state index is 5.74. The molecule has 5 nitrogen and oxygen atoms in total. The normalized spacial score (nSPS) is 16.4. The summed E-state index contributed by atoms with van der Waals surface area (Å²) in [6, 6.07) is 15.1. The number of anilines is 1. The second-order valence-corrected chi connectivity index (χ2v) is 7.14. The fraction of sp³-hybridized carbons (Fsp3) is 0.455. The van der Waals surface area contributed by atoms with Crippen molar-refractivity contribution in [3.8, 4) is 11.5 Å². The molecule has 0 aliphatic carbocycles. The van der Waals surface area contributed by atoms with Gasteiger partial charge in [-0.15, -0.1) is 0 Å². The van der Waals surface area contributed by atoms with Gasteiger partial charge in [0.25, 0.3) is 0 Å². The molecule has 3 rings (SSSR count). The average molecular weight is 370 g/mol. The zero-order valence-corrected chi connectivity index (χ0v) is 16.9. The van der Waals surface area contributed by atoms with Gasteiger partial charge in [0.15, 0.2) is 0 Å². The van der Waals surface area contributed by atoms with E-state index in [1.807, 2.05) is 12.1 Å². The second-order valence-electron chi connectivity index (χ2n) is 7.14. The Labute approximate surface area is 162 Å². The van der Waals surface area contributed by atoms with Crippen molar-refractivity contribution in [2.45, 2.75) is 12.5 Å². The van der Waals surface area contributed by atoms with Crippen molar-refractivity contribution in [3.05, 3.63) is 53.6 Å². The van der Waals surface area contributed by atoms with Crippen LogP contribution in [0, 0.1) is 0 Å². The van der Waals surface area contributed by atoms with E-state index in [-0.39, 0.29) is 6.04 Å². The number of benzene rings is 2. The molecule has 0 bridgehead atoms. The number of ether oxygens (including phenoxy) is 2. The highest BCUT2D eigenvalue weighted by atomic mass is 16.5. The number of hydrogen-bond acceptors (Lipinski definition) is 5. The number of rotatable bonds is 6. The molecule has 2 aromatic carbocycles. The summed E-state index contributed by atoms with van der Waals surface area (Å²) in [6.07, 6.45) is 1.14. The third kappa shape index (κ3) is 4.54. The molecule has 1 saturated heterocycles. The molecule has 0 amide bonds. The zero-order valence-electron chi connectivity index (χ0n) is 16.9. The van der Waals surface area contributed by atoms with E-state index in [1.54, 1.807) is 14.2 Å². The van der Waals surface area contributed by atoms with Gasteiger partial charge < -0.3 is 19.7 Å². The van der Waals surface area contributed by atoms with Gasteiger partial charge in [0, 0.05) is 51.0 Å². The van der Waals surface area contributed by atoms with Crippen LogP contribution in [0.5, 0.6) is 11.5 Å². The van der Waals surface area contributed by atoms with Crippen LogP contribution in [0.1, 0.15) is 23.6 Å². The molecule has 0 radical (unpaired) electrons. The van der Waals surface area contributed by atoms with E-state index in [9.17, 15) is 0 Å². The minimum atomic E-state index is 0.155. The van der Waals surface area contributed by atoms with E-state index in [0.717, 1.165) is 44.1 Å². The van der Waals surface area contributed by atoms with Crippen LogP contribution in [-0.2, 0) is 0 Å². The largest absolute Gasteiger partial charge is 0.497 e. The molecular formula is C22H31N3O2. The summed E-state index contributed by atoms with van der Waals surface area (Å²) in [5, 5.41) is 3.51. The molecule has 0 saturated carbocycles. The molecule has 27 heavy (non-hydrogen) atoms. The van der Waals surface area contributed by atoms with E-state index in [2.05, 4.69) is 59.5 Å². The minimum Gasteiger partial charge on any atom is -0.497 e. The predicted octanol–water partition coefficient (Wildman–Crippen LogP) is 3.15. The third-order valence-electron chi connectivity index (χ3n) is 5.20. The standard InChI is InChI=1S/C22H31N3O2/c1-24(2)18-8-6-17(7-9-18)22(25-14-5-12-23-13-15-25)20-11-10-19(26-3)16-21(20)27-4/h6-11,16,22-23H,5,12-15H2,1-4H3. The van der Waals surface area contributed by atoms with Crippen LogP contribution in [0.2, 0.25) is 0 Å². The Morgan fingerprint density at radius 3 is 2.41 bits per heavy atom. The van der Waals surface area contributed by atoms with Crippen LogP contribution >= 0.6 is 0 Å². The molecule has 1 N–H and O–H groups in total. The molecule has 0 aromatic heterocycles. The summed E-state index contributed by atoms with van der Waals surface area (Å²) in [7, 11) is 7.56. The molecule has 1 aliphatic heterocycles. The van der Waals surface area contributed by atoms with Crippen molar-refractivity contribution in [1.82, 2.24) is 10.2 Å². The highest BCUT2D eigenvalue weighted by Gasteiger charge is 2.26. The average Bonchev–Trinajstić information content (AvgIpc) is 2.98. The minimum absolute atomic E-state index is 0.155. The van der Waals surface area contributed by atoms with Crippen LogP contribution < -0.4 is 19.7 Å². The Morgan fingerprint density at radius 2 is 1.74 bits per heavy atom. The van der Waals surface area contributed by atoms with Gasteiger partial charge in [0.2, 0.25) is 0 Å². The molecule has 1 atom stereocenters. The third-order valence-corrected chi connectivity index (χ3v) is 5.20. The van der Waals surface area contributed by atoms with E-state index in [1.165, 1.54) is 16.8 Å². The summed E-state index contributed by atoms with van der Waals surface area (Å²) in [5.41, 5.74) is 3.67. The van der Waals surface area contributed by atoms with Crippen LogP contribution in [0.3, 0.4) is 0 Å². The number of nitrogens with one attached hydrogen (secondary N) is 1. The Balaban J connectivity index is 2.04. The van der Waals surface area contributed by atoms with Gasteiger partial charge in [0.05, 0.1) is 20.3 Å².